The van der Waals surface area contributed by atoms with Crippen molar-refractivity contribution in [3.05, 3.63) is 62.8 Å². The standard InChI is InChI=1S/C19H22N6O2/c1-23-16-15(17(26)22-19(23)27)25(11-5-8-14-6-3-2-4-7-14)18(21-16)24-12-9-20-10-13-24/h2-8,20H,9-13H2,1H3,(H,22,26,27)/b8-5+. The summed E-state index contributed by atoms with van der Waals surface area (Å²) in [5.74, 6) is 0.718. The lowest BCUT2D eigenvalue weighted by Crippen LogP contribution is -2.44. The fourth-order valence-corrected chi connectivity index (χ4v) is 3.36. The molecule has 27 heavy (non-hydrogen) atoms. The lowest BCUT2D eigenvalue weighted by atomic mass is 10.2. The van der Waals surface area contributed by atoms with Crippen LogP contribution in [0.15, 0.2) is 46.0 Å². The van der Waals surface area contributed by atoms with E-state index in [4.69, 9.17) is 0 Å². The molecule has 1 saturated heterocycles. The van der Waals surface area contributed by atoms with Gasteiger partial charge in [-0.15, -0.1) is 0 Å². The molecule has 0 bridgehead atoms. The number of aryl methyl sites for hydroxylation is 1. The van der Waals surface area contributed by atoms with Gasteiger partial charge in [-0.05, 0) is 5.56 Å². The summed E-state index contributed by atoms with van der Waals surface area (Å²) in [6, 6.07) is 9.99. The number of fused-ring (bicyclic) bond motifs is 1. The van der Waals surface area contributed by atoms with Crippen molar-refractivity contribution in [2.45, 2.75) is 6.54 Å². The van der Waals surface area contributed by atoms with Crippen LogP contribution in [0.1, 0.15) is 5.56 Å². The summed E-state index contributed by atoms with van der Waals surface area (Å²) in [4.78, 5) is 33.7. The highest BCUT2D eigenvalue weighted by Gasteiger charge is 2.22. The highest BCUT2D eigenvalue weighted by Crippen LogP contribution is 2.20. The molecule has 0 spiro atoms. The molecule has 140 valence electrons. The molecule has 1 aliphatic heterocycles. The van der Waals surface area contributed by atoms with Gasteiger partial charge in [-0.25, -0.2) is 4.79 Å². The lowest BCUT2D eigenvalue weighted by molar-refractivity contribution is 0.572. The smallest absolute Gasteiger partial charge is 0.329 e. The van der Waals surface area contributed by atoms with Crippen LogP contribution in [0.25, 0.3) is 17.2 Å². The molecule has 4 rings (SSSR count). The zero-order chi connectivity index (χ0) is 18.8. The van der Waals surface area contributed by atoms with Crippen LogP contribution in [0.4, 0.5) is 5.95 Å². The number of nitrogens with zero attached hydrogens (tertiary/aromatic N) is 4. The average molecular weight is 366 g/mol. The van der Waals surface area contributed by atoms with E-state index in [9.17, 15) is 9.59 Å². The SMILES string of the molecule is Cn1c(=O)[nH]c(=O)c2c1nc(N1CCNCC1)n2C/C=C/c1ccccc1. The van der Waals surface area contributed by atoms with Crippen LogP contribution in [-0.4, -0.2) is 45.3 Å². The summed E-state index contributed by atoms with van der Waals surface area (Å²) >= 11 is 0. The van der Waals surface area contributed by atoms with Crippen LogP contribution in [-0.2, 0) is 13.6 Å². The molecule has 3 aromatic rings. The number of rotatable bonds is 4. The van der Waals surface area contributed by atoms with Crippen LogP contribution in [0, 0.1) is 0 Å². The number of hydrogen-bond acceptors (Lipinski definition) is 5. The predicted octanol–water partition coefficient (Wildman–Crippen LogP) is 0.546. The lowest BCUT2D eigenvalue weighted by Gasteiger charge is -2.28. The van der Waals surface area contributed by atoms with E-state index < -0.39 is 11.2 Å². The van der Waals surface area contributed by atoms with Gasteiger partial charge in [0, 0.05) is 39.8 Å². The number of allylic oxidation sites excluding steroid dienone is 1. The molecular formula is C19H22N6O2. The second-order valence-electron chi connectivity index (χ2n) is 6.56. The van der Waals surface area contributed by atoms with Crippen molar-refractivity contribution in [2.75, 3.05) is 31.1 Å². The second kappa shape index (κ2) is 7.24. The number of aromatic nitrogens is 4. The van der Waals surface area contributed by atoms with Crippen molar-refractivity contribution >= 4 is 23.2 Å². The Labute approximate surface area is 155 Å². The maximum atomic E-state index is 12.5. The number of anilines is 1. The maximum absolute atomic E-state index is 12.5. The van der Waals surface area contributed by atoms with E-state index >= 15 is 0 Å². The largest absolute Gasteiger partial charge is 0.340 e. The molecule has 8 nitrogen and oxygen atoms in total. The molecule has 8 heteroatoms. The Bertz CT molecular complexity index is 1090. The number of benzene rings is 1. The first-order valence-corrected chi connectivity index (χ1v) is 9.02. The first-order chi connectivity index (χ1) is 13.1. The highest BCUT2D eigenvalue weighted by atomic mass is 16.2. The van der Waals surface area contributed by atoms with E-state index in [-0.39, 0.29) is 0 Å². The van der Waals surface area contributed by atoms with E-state index in [1.165, 1.54) is 4.57 Å². The number of imidazole rings is 1. The molecule has 0 radical (unpaired) electrons. The maximum Gasteiger partial charge on any atom is 0.329 e. The van der Waals surface area contributed by atoms with Crippen molar-refractivity contribution in [3.63, 3.8) is 0 Å². The van der Waals surface area contributed by atoms with E-state index in [1.54, 1.807) is 7.05 Å². The van der Waals surface area contributed by atoms with Gasteiger partial charge in [-0.1, -0.05) is 42.5 Å². The van der Waals surface area contributed by atoms with Crippen molar-refractivity contribution in [1.82, 2.24) is 24.4 Å². The van der Waals surface area contributed by atoms with E-state index in [0.29, 0.717) is 17.7 Å². The predicted molar refractivity (Wildman–Crippen MR) is 106 cm³/mol. The average Bonchev–Trinajstić information content (AvgIpc) is 3.08. The van der Waals surface area contributed by atoms with Crippen molar-refractivity contribution in [3.8, 4) is 0 Å². The molecule has 1 aliphatic rings. The van der Waals surface area contributed by atoms with Crippen LogP contribution in [0.3, 0.4) is 0 Å². The molecule has 1 fully saturated rings. The highest BCUT2D eigenvalue weighted by molar-refractivity contribution is 5.74. The van der Waals surface area contributed by atoms with Crippen LogP contribution in [0.5, 0.6) is 0 Å². The minimum absolute atomic E-state index is 0.407. The van der Waals surface area contributed by atoms with Gasteiger partial charge in [0.25, 0.3) is 5.56 Å². The van der Waals surface area contributed by atoms with Crippen molar-refractivity contribution in [2.24, 2.45) is 7.05 Å². The molecule has 0 atom stereocenters. The monoisotopic (exact) mass is 366 g/mol. The first-order valence-electron chi connectivity index (χ1n) is 9.02. The van der Waals surface area contributed by atoms with E-state index in [0.717, 1.165) is 37.7 Å². The van der Waals surface area contributed by atoms with Crippen molar-refractivity contribution in [1.29, 1.82) is 0 Å². The summed E-state index contributed by atoms with van der Waals surface area (Å²) in [5, 5.41) is 3.32. The number of hydrogen-bond donors (Lipinski definition) is 2. The minimum atomic E-state index is -0.455. The molecule has 2 N–H and O–H groups in total. The van der Waals surface area contributed by atoms with E-state index in [1.807, 2.05) is 47.1 Å². The van der Waals surface area contributed by atoms with Crippen LogP contribution >= 0.6 is 0 Å². The van der Waals surface area contributed by atoms with Crippen molar-refractivity contribution < 1.29 is 0 Å². The fourth-order valence-electron chi connectivity index (χ4n) is 3.36. The summed E-state index contributed by atoms with van der Waals surface area (Å²) in [6.45, 7) is 3.82. The molecule has 0 unspecified atom stereocenters. The van der Waals surface area contributed by atoms with Gasteiger partial charge in [0.05, 0.1) is 0 Å². The third-order valence-corrected chi connectivity index (χ3v) is 4.78. The topological polar surface area (TPSA) is 87.9 Å². The summed E-state index contributed by atoms with van der Waals surface area (Å²) in [6.07, 6.45) is 4.02. The molecule has 0 saturated carbocycles. The minimum Gasteiger partial charge on any atom is -0.340 e. The second-order valence-corrected chi connectivity index (χ2v) is 6.56. The van der Waals surface area contributed by atoms with Gasteiger partial charge in [0.15, 0.2) is 11.2 Å². The summed E-state index contributed by atoms with van der Waals surface area (Å²) in [7, 11) is 1.62. The Balaban J connectivity index is 1.80. The quantitative estimate of drug-likeness (QED) is 0.704. The van der Waals surface area contributed by atoms with Gasteiger partial charge in [-0.2, -0.15) is 4.98 Å². The third-order valence-electron chi connectivity index (χ3n) is 4.78. The zero-order valence-corrected chi connectivity index (χ0v) is 15.2. The van der Waals surface area contributed by atoms with Gasteiger partial charge >= 0.3 is 5.69 Å². The van der Waals surface area contributed by atoms with Gasteiger partial charge < -0.3 is 14.8 Å². The Morgan fingerprint density at radius 3 is 2.63 bits per heavy atom. The molecule has 0 amide bonds. The molecular weight excluding hydrogens is 344 g/mol. The number of piperazine rings is 1. The Kier molecular flexibility index (Phi) is 4.64. The third kappa shape index (κ3) is 3.31. The molecule has 3 heterocycles. The van der Waals surface area contributed by atoms with E-state index in [2.05, 4.69) is 20.2 Å². The number of aromatic amines is 1. The number of H-pyrrole nitrogens is 1. The fraction of sp³-hybridized carbons (Fsp3) is 0.316. The number of nitrogens with one attached hydrogen (secondary N) is 2. The van der Waals surface area contributed by atoms with Crippen LogP contribution < -0.4 is 21.5 Å². The Morgan fingerprint density at radius 1 is 1.15 bits per heavy atom. The van der Waals surface area contributed by atoms with Crippen LogP contribution in [0.2, 0.25) is 0 Å². The molecule has 0 aliphatic carbocycles. The van der Waals surface area contributed by atoms with Gasteiger partial charge in [0.1, 0.15) is 0 Å². The molecule has 1 aromatic carbocycles. The first kappa shape index (κ1) is 17.3. The van der Waals surface area contributed by atoms with Gasteiger partial charge in [-0.3, -0.25) is 14.3 Å². The van der Waals surface area contributed by atoms with Gasteiger partial charge in [0.2, 0.25) is 5.95 Å². The summed E-state index contributed by atoms with van der Waals surface area (Å²) in [5.41, 5.74) is 1.06. The Morgan fingerprint density at radius 2 is 1.89 bits per heavy atom. The Hall–Kier alpha value is -3.13. The normalized spacial score (nSPS) is 15.1. The zero-order valence-electron chi connectivity index (χ0n) is 15.2. The molecule has 2 aromatic heterocycles. The summed E-state index contributed by atoms with van der Waals surface area (Å²) < 4.78 is 3.28.